The first-order valence-corrected chi connectivity index (χ1v) is 7.22. The minimum atomic E-state index is -0.304. The average molecular weight is 305 g/mol. The standard InChI is InChI=1S/C15H10ClFN2S/c16-11-6-2-1-5-10(11)14-9-20-15(19-14)18-13-8-4-3-7-12(13)17/h1-9H,(H,18,19). The third kappa shape index (κ3) is 2.66. The van der Waals surface area contributed by atoms with Crippen LogP contribution in [0, 0.1) is 5.82 Å². The number of rotatable bonds is 3. The monoisotopic (exact) mass is 304 g/mol. The van der Waals surface area contributed by atoms with Crippen LogP contribution in [0.25, 0.3) is 11.3 Å². The van der Waals surface area contributed by atoms with E-state index in [-0.39, 0.29) is 5.82 Å². The van der Waals surface area contributed by atoms with Crippen molar-refractivity contribution in [1.29, 1.82) is 0 Å². The molecule has 0 saturated carbocycles. The lowest BCUT2D eigenvalue weighted by Gasteiger charge is -2.03. The molecule has 5 heteroatoms. The fourth-order valence-electron chi connectivity index (χ4n) is 1.80. The smallest absolute Gasteiger partial charge is 0.187 e. The van der Waals surface area contributed by atoms with E-state index in [1.165, 1.54) is 17.4 Å². The summed E-state index contributed by atoms with van der Waals surface area (Å²) in [5, 5.41) is 6.14. The largest absolute Gasteiger partial charge is 0.329 e. The Morgan fingerprint density at radius 3 is 2.60 bits per heavy atom. The molecule has 2 nitrogen and oxygen atoms in total. The van der Waals surface area contributed by atoms with E-state index in [1.54, 1.807) is 18.2 Å². The molecule has 0 unspecified atom stereocenters. The molecule has 0 radical (unpaired) electrons. The van der Waals surface area contributed by atoms with E-state index in [0.29, 0.717) is 15.8 Å². The molecule has 0 atom stereocenters. The van der Waals surface area contributed by atoms with Crippen molar-refractivity contribution >= 4 is 33.8 Å². The van der Waals surface area contributed by atoms with Gasteiger partial charge in [-0.2, -0.15) is 0 Å². The number of thiazole rings is 1. The molecule has 1 N–H and O–H groups in total. The second-order valence-electron chi connectivity index (χ2n) is 4.12. The molecule has 0 aliphatic heterocycles. The SMILES string of the molecule is Fc1ccccc1Nc1nc(-c2ccccc2Cl)cs1. The number of halogens is 2. The Hall–Kier alpha value is -1.91. The van der Waals surface area contributed by atoms with E-state index >= 15 is 0 Å². The van der Waals surface area contributed by atoms with Crippen LogP contribution in [-0.4, -0.2) is 4.98 Å². The number of benzene rings is 2. The third-order valence-electron chi connectivity index (χ3n) is 2.77. The molecule has 100 valence electrons. The van der Waals surface area contributed by atoms with Gasteiger partial charge in [0, 0.05) is 16.0 Å². The van der Waals surface area contributed by atoms with E-state index in [0.717, 1.165) is 11.3 Å². The Morgan fingerprint density at radius 2 is 1.80 bits per heavy atom. The molecule has 0 aliphatic carbocycles. The van der Waals surface area contributed by atoms with E-state index in [4.69, 9.17) is 11.6 Å². The highest BCUT2D eigenvalue weighted by Gasteiger charge is 2.09. The van der Waals surface area contributed by atoms with Gasteiger partial charge in [0.2, 0.25) is 0 Å². The summed E-state index contributed by atoms with van der Waals surface area (Å²) in [5.74, 6) is -0.304. The molecule has 0 saturated heterocycles. The highest BCUT2D eigenvalue weighted by molar-refractivity contribution is 7.14. The molecule has 3 aromatic rings. The quantitative estimate of drug-likeness (QED) is 0.706. The molecule has 2 aromatic carbocycles. The summed E-state index contributed by atoms with van der Waals surface area (Å²) in [6.45, 7) is 0. The zero-order valence-corrected chi connectivity index (χ0v) is 11.9. The Morgan fingerprint density at radius 1 is 1.05 bits per heavy atom. The molecular formula is C15H10ClFN2S. The van der Waals surface area contributed by atoms with Crippen LogP contribution >= 0.6 is 22.9 Å². The normalized spacial score (nSPS) is 10.5. The molecule has 1 aromatic heterocycles. The van der Waals surface area contributed by atoms with Gasteiger partial charge in [0.25, 0.3) is 0 Å². The van der Waals surface area contributed by atoms with Gasteiger partial charge in [-0.3, -0.25) is 0 Å². The molecular weight excluding hydrogens is 295 g/mol. The van der Waals surface area contributed by atoms with Crippen molar-refractivity contribution in [3.05, 3.63) is 64.8 Å². The summed E-state index contributed by atoms with van der Waals surface area (Å²) >= 11 is 7.55. The first-order valence-electron chi connectivity index (χ1n) is 5.96. The summed E-state index contributed by atoms with van der Waals surface area (Å²) in [7, 11) is 0. The number of para-hydroxylation sites is 1. The fraction of sp³-hybridized carbons (Fsp3) is 0. The van der Waals surface area contributed by atoms with Gasteiger partial charge in [-0.05, 0) is 18.2 Å². The van der Waals surface area contributed by atoms with Crippen LogP contribution in [0.4, 0.5) is 15.2 Å². The maximum Gasteiger partial charge on any atom is 0.187 e. The summed E-state index contributed by atoms with van der Waals surface area (Å²) < 4.78 is 13.6. The molecule has 20 heavy (non-hydrogen) atoms. The van der Waals surface area contributed by atoms with Crippen LogP contribution in [0.15, 0.2) is 53.9 Å². The number of nitrogens with one attached hydrogen (secondary N) is 1. The van der Waals surface area contributed by atoms with Crippen LogP contribution in [0.3, 0.4) is 0 Å². The summed E-state index contributed by atoms with van der Waals surface area (Å²) in [5.41, 5.74) is 2.05. The van der Waals surface area contributed by atoms with Crippen LogP contribution in [0.5, 0.6) is 0 Å². The average Bonchev–Trinajstić information content (AvgIpc) is 2.90. The first-order chi connectivity index (χ1) is 9.74. The lowest BCUT2D eigenvalue weighted by atomic mass is 10.2. The number of hydrogen-bond donors (Lipinski definition) is 1. The number of nitrogens with zero attached hydrogens (tertiary/aromatic N) is 1. The Kier molecular flexibility index (Phi) is 3.67. The molecule has 0 bridgehead atoms. The minimum Gasteiger partial charge on any atom is -0.329 e. The maximum atomic E-state index is 13.6. The van der Waals surface area contributed by atoms with Gasteiger partial charge in [-0.1, -0.05) is 41.9 Å². The highest BCUT2D eigenvalue weighted by atomic mass is 35.5. The van der Waals surface area contributed by atoms with Crippen molar-refractivity contribution < 1.29 is 4.39 Å². The molecule has 0 fully saturated rings. The maximum absolute atomic E-state index is 13.6. The Bertz CT molecular complexity index is 742. The van der Waals surface area contributed by atoms with Gasteiger partial charge in [-0.15, -0.1) is 11.3 Å². The van der Waals surface area contributed by atoms with Gasteiger partial charge < -0.3 is 5.32 Å². The van der Waals surface area contributed by atoms with Crippen LogP contribution < -0.4 is 5.32 Å². The van der Waals surface area contributed by atoms with Gasteiger partial charge >= 0.3 is 0 Å². The first kappa shape index (κ1) is 13.1. The molecule has 0 spiro atoms. The van der Waals surface area contributed by atoms with Crippen molar-refractivity contribution in [3.8, 4) is 11.3 Å². The van der Waals surface area contributed by atoms with Gasteiger partial charge in [0.1, 0.15) is 5.82 Å². The van der Waals surface area contributed by atoms with E-state index in [1.807, 2.05) is 29.6 Å². The fourth-order valence-corrected chi connectivity index (χ4v) is 2.76. The Balaban J connectivity index is 1.88. The van der Waals surface area contributed by atoms with Crippen LogP contribution in [-0.2, 0) is 0 Å². The third-order valence-corrected chi connectivity index (χ3v) is 3.86. The van der Waals surface area contributed by atoms with Crippen molar-refractivity contribution in [3.63, 3.8) is 0 Å². The number of aromatic nitrogens is 1. The zero-order chi connectivity index (χ0) is 13.9. The predicted molar refractivity (Wildman–Crippen MR) is 82.2 cm³/mol. The van der Waals surface area contributed by atoms with Crippen molar-refractivity contribution in [2.75, 3.05) is 5.32 Å². The highest BCUT2D eigenvalue weighted by Crippen LogP contribution is 2.31. The Labute approximate surface area is 124 Å². The van der Waals surface area contributed by atoms with Crippen molar-refractivity contribution in [1.82, 2.24) is 4.98 Å². The van der Waals surface area contributed by atoms with Gasteiger partial charge in [0.05, 0.1) is 11.4 Å². The topological polar surface area (TPSA) is 24.9 Å². The molecule has 0 amide bonds. The summed E-state index contributed by atoms with van der Waals surface area (Å²) in [6, 6.07) is 14.0. The summed E-state index contributed by atoms with van der Waals surface area (Å²) in [6.07, 6.45) is 0. The zero-order valence-electron chi connectivity index (χ0n) is 10.3. The van der Waals surface area contributed by atoms with E-state index in [9.17, 15) is 4.39 Å². The second-order valence-corrected chi connectivity index (χ2v) is 5.39. The molecule has 0 aliphatic rings. The second kappa shape index (κ2) is 5.61. The molecule has 1 heterocycles. The predicted octanol–water partition coefficient (Wildman–Crippen LogP) is 5.35. The van der Waals surface area contributed by atoms with E-state index in [2.05, 4.69) is 10.3 Å². The molecule has 3 rings (SSSR count). The number of hydrogen-bond acceptors (Lipinski definition) is 3. The van der Waals surface area contributed by atoms with Gasteiger partial charge in [0.15, 0.2) is 5.13 Å². The number of anilines is 2. The van der Waals surface area contributed by atoms with Gasteiger partial charge in [-0.25, -0.2) is 9.37 Å². The van der Waals surface area contributed by atoms with Crippen molar-refractivity contribution in [2.24, 2.45) is 0 Å². The van der Waals surface area contributed by atoms with Crippen molar-refractivity contribution in [2.45, 2.75) is 0 Å². The lowest BCUT2D eigenvalue weighted by molar-refractivity contribution is 0.632. The lowest BCUT2D eigenvalue weighted by Crippen LogP contribution is -1.92. The minimum absolute atomic E-state index is 0.304. The van der Waals surface area contributed by atoms with Crippen LogP contribution in [0.2, 0.25) is 5.02 Å². The van der Waals surface area contributed by atoms with Crippen LogP contribution in [0.1, 0.15) is 0 Å². The summed E-state index contributed by atoms with van der Waals surface area (Å²) in [4.78, 5) is 4.43. The van der Waals surface area contributed by atoms with E-state index < -0.39 is 0 Å².